The van der Waals surface area contributed by atoms with E-state index in [4.69, 9.17) is 11.6 Å². The fraction of sp³-hybridized carbons (Fsp3) is 0.300. The molecule has 0 aliphatic heterocycles. The lowest BCUT2D eigenvalue weighted by Gasteiger charge is -2.07. The molecule has 24 heavy (non-hydrogen) atoms. The summed E-state index contributed by atoms with van der Waals surface area (Å²) in [7, 11) is 1.99. The number of nitrogens with one attached hydrogen (secondary N) is 2. The van der Waals surface area contributed by atoms with Crippen molar-refractivity contribution in [2.24, 2.45) is 0 Å². The van der Waals surface area contributed by atoms with Crippen LogP contribution in [0.2, 0.25) is 5.02 Å². The highest BCUT2D eigenvalue weighted by Gasteiger charge is 2.09. The number of rotatable bonds is 8. The van der Waals surface area contributed by atoms with Crippen LogP contribution in [0.15, 0.2) is 54.7 Å². The first-order valence-corrected chi connectivity index (χ1v) is 8.83. The molecule has 0 atom stereocenters. The van der Waals surface area contributed by atoms with E-state index in [2.05, 4.69) is 51.7 Å². The second kappa shape index (κ2) is 8.34. The molecule has 0 bridgehead atoms. The first-order valence-electron chi connectivity index (χ1n) is 8.45. The lowest BCUT2D eigenvalue weighted by atomic mass is 10.2. The van der Waals surface area contributed by atoms with Gasteiger partial charge in [0.2, 0.25) is 0 Å². The van der Waals surface area contributed by atoms with Crippen molar-refractivity contribution in [3.05, 3.63) is 70.9 Å². The minimum atomic E-state index is 0.792. The Kier molecular flexibility index (Phi) is 5.91. The second-order valence-corrected chi connectivity index (χ2v) is 6.43. The van der Waals surface area contributed by atoms with Gasteiger partial charge in [-0.25, -0.2) is 0 Å². The van der Waals surface area contributed by atoms with Crippen molar-refractivity contribution in [3.8, 4) is 0 Å². The Morgan fingerprint density at radius 1 is 0.958 bits per heavy atom. The summed E-state index contributed by atoms with van der Waals surface area (Å²) in [5.41, 5.74) is 3.74. The normalized spacial score (nSPS) is 11.2. The third-order valence-electron chi connectivity index (χ3n) is 4.27. The molecule has 0 aliphatic carbocycles. The van der Waals surface area contributed by atoms with Crippen molar-refractivity contribution >= 4 is 22.5 Å². The molecule has 0 amide bonds. The summed E-state index contributed by atoms with van der Waals surface area (Å²) >= 11 is 6.33. The van der Waals surface area contributed by atoms with Gasteiger partial charge in [0.15, 0.2) is 0 Å². The van der Waals surface area contributed by atoms with Gasteiger partial charge in [0.05, 0.1) is 0 Å². The van der Waals surface area contributed by atoms with Crippen LogP contribution < -0.4 is 10.6 Å². The summed E-state index contributed by atoms with van der Waals surface area (Å²) in [6.45, 7) is 3.74. The van der Waals surface area contributed by atoms with Gasteiger partial charge in [-0.05, 0) is 49.8 Å². The number of fused-ring (bicyclic) bond motifs is 1. The minimum Gasteiger partial charge on any atom is -0.343 e. The molecule has 2 aromatic carbocycles. The van der Waals surface area contributed by atoms with Crippen LogP contribution in [0.5, 0.6) is 0 Å². The predicted molar refractivity (Wildman–Crippen MR) is 103 cm³/mol. The number of hydrogen-bond donors (Lipinski definition) is 2. The van der Waals surface area contributed by atoms with Gasteiger partial charge in [0.25, 0.3) is 0 Å². The predicted octanol–water partition coefficient (Wildman–Crippen LogP) is 4.04. The van der Waals surface area contributed by atoms with Gasteiger partial charge < -0.3 is 15.2 Å². The van der Waals surface area contributed by atoms with Gasteiger partial charge >= 0.3 is 0 Å². The van der Waals surface area contributed by atoms with Crippen LogP contribution in [0.1, 0.15) is 17.5 Å². The molecule has 0 saturated carbocycles. The van der Waals surface area contributed by atoms with Gasteiger partial charge in [-0.2, -0.15) is 0 Å². The Labute approximate surface area is 148 Å². The summed E-state index contributed by atoms with van der Waals surface area (Å²) in [6.07, 6.45) is 3.38. The third-order valence-corrected chi connectivity index (χ3v) is 4.63. The Balaban J connectivity index is 1.80. The van der Waals surface area contributed by atoms with Crippen molar-refractivity contribution < 1.29 is 0 Å². The van der Waals surface area contributed by atoms with E-state index in [0.717, 1.165) is 43.2 Å². The van der Waals surface area contributed by atoms with Crippen LogP contribution in [0.3, 0.4) is 0 Å². The molecule has 2 N–H and O–H groups in total. The fourth-order valence-corrected chi connectivity index (χ4v) is 3.21. The van der Waals surface area contributed by atoms with Crippen molar-refractivity contribution in [2.75, 3.05) is 20.1 Å². The molecule has 3 nitrogen and oxygen atoms in total. The average Bonchev–Trinajstić information content (AvgIpc) is 2.95. The average molecular weight is 342 g/mol. The molecule has 3 rings (SSSR count). The zero-order valence-electron chi connectivity index (χ0n) is 14.1. The van der Waals surface area contributed by atoms with Crippen LogP contribution >= 0.6 is 11.6 Å². The second-order valence-electron chi connectivity index (χ2n) is 6.02. The third kappa shape index (κ3) is 3.99. The van der Waals surface area contributed by atoms with Crippen LogP contribution in [0.25, 0.3) is 10.9 Å². The molecule has 1 aromatic heterocycles. The summed E-state index contributed by atoms with van der Waals surface area (Å²) in [5, 5.41) is 8.85. The Morgan fingerprint density at radius 3 is 2.58 bits per heavy atom. The van der Waals surface area contributed by atoms with Crippen LogP contribution in [-0.4, -0.2) is 24.7 Å². The van der Waals surface area contributed by atoms with Crippen molar-refractivity contribution in [2.45, 2.75) is 19.5 Å². The molecule has 0 spiro atoms. The molecule has 3 aromatic rings. The lowest BCUT2D eigenvalue weighted by molar-refractivity contribution is 0.625. The summed E-state index contributed by atoms with van der Waals surface area (Å²) in [6, 6.07) is 16.6. The van der Waals surface area contributed by atoms with E-state index in [-0.39, 0.29) is 0 Å². The minimum absolute atomic E-state index is 0.792. The lowest BCUT2D eigenvalue weighted by Crippen LogP contribution is -2.19. The van der Waals surface area contributed by atoms with Crippen LogP contribution in [0.4, 0.5) is 0 Å². The Hall–Kier alpha value is -1.81. The number of nitrogens with zero attached hydrogens (tertiary/aromatic N) is 1. The maximum atomic E-state index is 6.33. The molecule has 0 fully saturated rings. The molecule has 0 saturated heterocycles. The molecular weight excluding hydrogens is 318 g/mol. The monoisotopic (exact) mass is 341 g/mol. The van der Waals surface area contributed by atoms with E-state index in [1.54, 1.807) is 0 Å². The van der Waals surface area contributed by atoms with Crippen LogP contribution in [-0.2, 0) is 13.1 Å². The quantitative estimate of drug-likeness (QED) is 0.605. The first-order chi connectivity index (χ1) is 11.8. The van der Waals surface area contributed by atoms with Crippen molar-refractivity contribution in [3.63, 3.8) is 0 Å². The van der Waals surface area contributed by atoms with E-state index in [0.29, 0.717) is 0 Å². The maximum Gasteiger partial charge on any atom is 0.0491 e. The largest absolute Gasteiger partial charge is 0.343 e. The van der Waals surface area contributed by atoms with Gasteiger partial charge in [-0.15, -0.1) is 0 Å². The Morgan fingerprint density at radius 2 is 1.75 bits per heavy atom. The van der Waals surface area contributed by atoms with Crippen molar-refractivity contribution in [1.29, 1.82) is 0 Å². The molecule has 0 unspecified atom stereocenters. The highest BCUT2D eigenvalue weighted by atomic mass is 35.5. The zero-order valence-corrected chi connectivity index (χ0v) is 14.8. The smallest absolute Gasteiger partial charge is 0.0491 e. The van der Waals surface area contributed by atoms with Gasteiger partial charge in [-0.3, -0.25) is 0 Å². The van der Waals surface area contributed by atoms with Gasteiger partial charge in [0.1, 0.15) is 0 Å². The number of aromatic nitrogens is 1. The maximum absolute atomic E-state index is 6.33. The molecule has 1 heterocycles. The molecule has 0 radical (unpaired) electrons. The summed E-state index contributed by atoms with van der Waals surface area (Å²) < 4.78 is 2.29. The van der Waals surface area contributed by atoms with Gasteiger partial charge in [0, 0.05) is 35.2 Å². The highest BCUT2D eigenvalue weighted by molar-refractivity contribution is 6.31. The molecule has 0 aliphatic rings. The number of hydrogen-bond acceptors (Lipinski definition) is 2. The highest BCUT2D eigenvalue weighted by Crippen LogP contribution is 2.24. The molecule has 126 valence electrons. The molecule has 4 heteroatoms. The van der Waals surface area contributed by atoms with Crippen molar-refractivity contribution in [1.82, 2.24) is 15.2 Å². The first kappa shape index (κ1) is 17.0. The van der Waals surface area contributed by atoms with E-state index in [1.165, 1.54) is 16.5 Å². The van der Waals surface area contributed by atoms with Gasteiger partial charge in [-0.1, -0.05) is 48.0 Å². The number of benzene rings is 2. The van der Waals surface area contributed by atoms with E-state index in [9.17, 15) is 0 Å². The fourth-order valence-electron chi connectivity index (χ4n) is 3.02. The molecular formula is C20H24ClN3. The zero-order chi connectivity index (χ0) is 16.8. The Bertz CT molecular complexity index is 794. The van der Waals surface area contributed by atoms with E-state index >= 15 is 0 Å². The number of halogens is 1. The van der Waals surface area contributed by atoms with E-state index < -0.39 is 0 Å². The SMILES string of the molecule is CNCCCNCc1cn(Cc2ccccc2Cl)c2ccccc12. The summed E-state index contributed by atoms with van der Waals surface area (Å²) in [5.74, 6) is 0. The topological polar surface area (TPSA) is 29.0 Å². The summed E-state index contributed by atoms with van der Waals surface area (Å²) in [4.78, 5) is 0. The van der Waals surface area contributed by atoms with E-state index in [1.807, 2.05) is 25.2 Å². The number of para-hydroxylation sites is 1. The standard InChI is InChI=1S/C20H24ClN3/c1-22-11-6-12-23-13-17-15-24(20-10-5-3-8-18(17)20)14-16-7-2-4-9-19(16)21/h2-5,7-10,15,22-23H,6,11-14H2,1H3. The van der Waals surface area contributed by atoms with Crippen LogP contribution in [0, 0.1) is 0 Å².